The zero-order chi connectivity index (χ0) is 14.3. The van der Waals surface area contributed by atoms with Gasteiger partial charge in [0.05, 0.1) is 14.2 Å². The van der Waals surface area contributed by atoms with E-state index in [1.165, 1.54) is 0 Å². The van der Waals surface area contributed by atoms with Gasteiger partial charge in [-0.15, -0.1) is 0 Å². The molecule has 1 aromatic carbocycles. The van der Waals surface area contributed by atoms with Crippen LogP contribution in [0, 0.1) is 10.8 Å². The van der Waals surface area contributed by atoms with Crippen molar-refractivity contribution in [2.45, 2.75) is 40.3 Å². The van der Waals surface area contributed by atoms with E-state index in [1.807, 2.05) is 12.1 Å². The maximum Gasteiger partial charge on any atom is 0.165 e. The Morgan fingerprint density at radius 3 is 2.16 bits per heavy atom. The lowest BCUT2D eigenvalue weighted by Gasteiger charge is -2.13. The third-order valence-corrected chi connectivity index (χ3v) is 5.00. The van der Waals surface area contributed by atoms with Crippen LogP contribution in [-0.4, -0.2) is 20.3 Å². The van der Waals surface area contributed by atoms with Gasteiger partial charge in [-0.25, -0.2) is 0 Å². The molecule has 0 atom stereocenters. The van der Waals surface area contributed by atoms with Gasteiger partial charge in [-0.3, -0.25) is 0 Å². The van der Waals surface area contributed by atoms with Crippen LogP contribution in [-0.2, 0) is 6.54 Å². The first kappa shape index (κ1) is 14.2. The van der Waals surface area contributed by atoms with E-state index in [1.54, 1.807) is 14.2 Å². The van der Waals surface area contributed by atoms with Crippen molar-refractivity contribution < 1.29 is 9.47 Å². The van der Waals surface area contributed by atoms with Crippen molar-refractivity contribution in [2.75, 3.05) is 14.2 Å². The Labute approximate surface area is 116 Å². The van der Waals surface area contributed by atoms with E-state index < -0.39 is 0 Å². The molecular weight excluding hydrogens is 238 g/mol. The van der Waals surface area contributed by atoms with Gasteiger partial charge in [-0.05, 0) is 16.9 Å². The van der Waals surface area contributed by atoms with Crippen LogP contribution >= 0.6 is 0 Å². The molecule has 0 unspecified atom stereocenters. The molecule has 19 heavy (non-hydrogen) atoms. The number of benzene rings is 1. The Hall–Kier alpha value is -1.22. The highest BCUT2D eigenvalue weighted by atomic mass is 16.5. The van der Waals surface area contributed by atoms with E-state index in [9.17, 15) is 0 Å². The Bertz CT molecular complexity index is 452. The molecule has 1 saturated carbocycles. The molecule has 2 rings (SSSR count). The minimum atomic E-state index is 0.346. The van der Waals surface area contributed by atoms with E-state index in [4.69, 9.17) is 9.47 Å². The summed E-state index contributed by atoms with van der Waals surface area (Å²) in [6, 6.07) is 6.54. The topological polar surface area (TPSA) is 30.5 Å². The van der Waals surface area contributed by atoms with E-state index in [0.717, 1.165) is 23.6 Å². The maximum absolute atomic E-state index is 5.46. The normalized spacial score (nSPS) is 20.1. The Morgan fingerprint density at radius 2 is 1.68 bits per heavy atom. The van der Waals surface area contributed by atoms with Crippen molar-refractivity contribution >= 4 is 0 Å². The second-order valence-corrected chi connectivity index (χ2v) is 6.41. The van der Waals surface area contributed by atoms with Crippen LogP contribution in [0.3, 0.4) is 0 Å². The van der Waals surface area contributed by atoms with Gasteiger partial charge in [-0.1, -0.05) is 39.8 Å². The molecule has 1 aliphatic carbocycles. The summed E-state index contributed by atoms with van der Waals surface area (Å²) in [6.07, 6.45) is 0. The zero-order valence-corrected chi connectivity index (χ0v) is 12.8. The predicted molar refractivity (Wildman–Crippen MR) is 77.7 cm³/mol. The highest BCUT2D eigenvalue weighted by molar-refractivity contribution is 5.46. The van der Waals surface area contributed by atoms with Crippen LogP contribution in [0.2, 0.25) is 0 Å². The number of hydrogen-bond acceptors (Lipinski definition) is 3. The third-order valence-electron chi connectivity index (χ3n) is 5.00. The first-order valence-corrected chi connectivity index (χ1v) is 6.79. The SMILES string of the molecule is COc1cccc(CNC2C(C)(C)C2(C)C)c1OC. The molecule has 0 radical (unpaired) electrons. The summed E-state index contributed by atoms with van der Waals surface area (Å²) < 4.78 is 10.8. The van der Waals surface area contributed by atoms with Crippen LogP contribution < -0.4 is 14.8 Å². The standard InChI is InChI=1S/C16H25NO2/c1-15(2)14(16(15,3)4)17-10-11-8-7-9-12(18-5)13(11)19-6/h7-9,14,17H,10H2,1-6H3. The van der Waals surface area contributed by atoms with Gasteiger partial charge in [0.1, 0.15) is 0 Å². The number of rotatable bonds is 5. The highest BCUT2D eigenvalue weighted by Crippen LogP contribution is 2.62. The van der Waals surface area contributed by atoms with Gasteiger partial charge < -0.3 is 14.8 Å². The lowest BCUT2D eigenvalue weighted by Crippen LogP contribution is -2.22. The Kier molecular flexibility index (Phi) is 3.52. The summed E-state index contributed by atoms with van der Waals surface area (Å²) in [4.78, 5) is 0. The minimum Gasteiger partial charge on any atom is -0.493 e. The Morgan fingerprint density at radius 1 is 1.05 bits per heavy atom. The van der Waals surface area contributed by atoms with E-state index in [0.29, 0.717) is 16.9 Å². The van der Waals surface area contributed by atoms with E-state index in [2.05, 4.69) is 39.1 Å². The number of nitrogens with one attached hydrogen (secondary N) is 1. The van der Waals surface area contributed by atoms with Gasteiger partial charge in [0.2, 0.25) is 0 Å². The lowest BCUT2D eigenvalue weighted by atomic mass is 10.0. The molecule has 0 heterocycles. The second-order valence-electron chi connectivity index (χ2n) is 6.41. The van der Waals surface area contributed by atoms with Crippen molar-refractivity contribution in [3.8, 4) is 11.5 Å². The molecule has 0 aliphatic heterocycles. The number of hydrogen-bond donors (Lipinski definition) is 1. The minimum absolute atomic E-state index is 0.346. The van der Waals surface area contributed by atoms with Crippen LogP contribution in [0.25, 0.3) is 0 Å². The molecule has 1 aromatic rings. The summed E-state index contributed by atoms with van der Waals surface area (Å²) in [5, 5.41) is 3.64. The first-order chi connectivity index (χ1) is 8.86. The van der Waals surface area contributed by atoms with Crippen LogP contribution in [0.1, 0.15) is 33.3 Å². The van der Waals surface area contributed by atoms with Gasteiger partial charge >= 0.3 is 0 Å². The molecule has 0 amide bonds. The van der Waals surface area contributed by atoms with Gasteiger partial charge in [0, 0.05) is 18.2 Å². The summed E-state index contributed by atoms with van der Waals surface area (Å²) in [7, 11) is 3.36. The first-order valence-electron chi connectivity index (χ1n) is 6.79. The molecular formula is C16H25NO2. The largest absolute Gasteiger partial charge is 0.493 e. The van der Waals surface area contributed by atoms with Crippen molar-refractivity contribution in [3.05, 3.63) is 23.8 Å². The fraction of sp³-hybridized carbons (Fsp3) is 0.625. The summed E-state index contributed by atoms with van der Waals surface area (Å²) in [5.41, 5.74) is 1.83. The highest BCUT2D eigenvalue weighted by Gasteiger charge is 2.64. The lowest BCUT2D eigenvalue weighted by molar-refractivity contribution is 0.350. The number of methoxy groups -OCH3 is 2. The molecule has 0 bridgehead atoms. The monoisotopic (exact) mass is 263 g/mol. The van der Waals surface area contributed by atoms with Gasteiger partial charge in [0.15, 0.2) is 11.5 Å². The summed E-state index contributed by atoms with van der Waals surface area (Å²) in [5.74, 6) is 1.62. The smallest absolute Gasteiger partial charge is 0.165 e. The quantitative estimate of drug-likeness (QED) is 0.884. The average Bonchev–Trinajstić information content (AvgIpc) is 2.76. The number of para-hydroxylation sites is 1. The maximum atomic E-state index is 5.46. The molecule has 1 N–H and O–H groups in total. The fourth-order valence-corrected chi connectivity index (χ4v) is 3.01. The molecule has 1 fully saturated rings. The molecule has 3 heteroatoms. The molecule has 0 aromatic heterocycles. The zero-order valence-electron chi connectivity index (χ0n) is 12.8. The van der Waals surface area contributed by atoms with Crippen molar-refractivity contribution in [2.24, 2.45) is 10.8 Å². The fourth-order valence-electron chi connectivity index (χ4n) is 3.01. The molecule has 1 aliphatic rings. The Balaban J connectivity index is 2.09. The van der Waals surface area contributed by atoms with Crippen molar-refractivity contribution in [3.63, 3.8) is 0 Å². The number of ether oxygens (including phenoxy) is 2. The summed E-state index contributed by atoms with van der Waals surface area (Å²) >= 11 is 0. The summed E-state index contributed by atoms with van der Waals surface area (Å²) in [6.45, 7) is 10.1. The predicted octanol–water partition coefficient (Wildman–Crippen LogP) is 3.23. The second kappa shape index (κ2) is 4.71. The average molecular weight is 263 g/mol. The van der Waals surface area contributed by atoms with Crippen LogP contribution in [0.15, 0.2) is 18.2 Å². The van der Waals surface area contributed by atoms with E-state index >= 15 is 0 Å². The molecule has 3 nitrogen and oxygen atoms in total. The third kappa shape index (κ3) is 2.20. The van der Waals surface area contributed by atoms with Gasteiger partial charge in [0.25, 0.3) is 0 Å². The van der Waals surface area contributed by atoms with Crippen LogP contribution in [0.4, 0.5) is 0 Å². The van der Waals surface area contributed by atoms with Gasteiger partial charge in [-0.2, -0.15) is 0 Å². The molecule has 0 saturated heterocycles. The van der Waals surface area contributed by atoms with Crippen LogP contribution in [0.5, 0.6) is 11.5 Å². The molecule has 106 valence electrons. The van der Waals surface area contributed by atoms with Crippen molar-refractivity contribution in [1.29, 1.82) is 0 Å². The van der Waals surface area contributed by atoms with Crippen molar-refractivity contribution in [1.82, 2.24) is 5.32 Å². The molecule has 0 spiro atoms. The van der Waals surface area contributed by atoms with E-state index in [-0.39, 0.29) is 0 Å².